The molecule has 1 fully saturated rings. The van der Waals surface area contributed by atoms with Gasteiger partial charge in [-0.05, 0) is 17.7 Å². The molecule has 140 valence electrons. The van der Waals surface area contributed by atoms with E-state index >= 15 is 0 Å². The number of aliphatic carboxylic acids is 1. The van der Waals surface area contributed by atoms with Crippen LogP contribution < -0.4 is 14.8 Å². The molecule has 1 aromatic carbocycles. The zero-order valence-corrected chi connectivity index (χ0v) is 14.8. The molecule has 2 heterocycles. The molecular formula is C17H22N4O5. The van der Waals surface area contributed by atoms with Crippen LogP contribution in [-0.4, -0.2) is 59.8 Å². The van der Waals surface area contributed by atoms with E-state index in [4.69, 9.17) is 19.3 Å². The first-order chi connectivity index (χ1) is 12.6. The van der Waals surface area contributed by atoms with Crippen molar-refractivity contribution in [2.24, 2.45) is 0 Å². The molecule has 1 aromatic heterocycles. The Labute approximate surface area is 150 Å². The molecule has 3 rings (SSSR count). The Hall–Kier alpha value is -2.65. The Morgan fingerprint density at radius 2 is 2.19 bits per heavy atom. The van der Waals surface area contributed by atoms with Gasteiger partial charge in [-0.3, -0.25) is 4.79 Å². The first kappa shape index (κ1) is 18.2. The number of carbonyl (C=O) groups is 1. The molecule has 0 radical (unpaired) electrons. The van der Waals surface area contributed by atoms with Gasteiger partial charge in [0.05, 0.1) is 20.8 Å². The highest BCUT2D eigenvalue weighted by Gasteiger charge is 2.24. The number of morpholine rings is 1. The van der Waals surface area contributed by atoms with Gasteiger partial charge in [0.1, 0.15) is 12.6 Å². The van der Waals surface area contributed by atoms with E-state index in [2.05, 4.69) is 15.4 Å². The van der Waals surface area contributed by atoms with Crippen molar-refractivity contribution in [1.82, 2.24) is 20.1 Å². The van der Waals surface area contributed by atoms with E-state index in [-0.39, 0.29) is 12.6 Å². The zero-order chi connectivity index (χ0) is 18.5. The van der Waals surface area contributed by atoms with Crippen LogP contribution in [0.4, 0.5) is 0 Å². The summed E-state index contributed by atoms with van der Waals surface area (Å²) in [5.74, 6) is 1.34. The summed E-state index contributed by atoms with van der Waals surface area (Å²) in [4.78, 5) is 15.7. The molecule has 9 heteroatoms. The molecule has 0 spiro atoms. The number of carboxylic acids is 1. The highest BCUT2D eigenvalue weighted by atomic mass is 16.5. The van der Waals surface area contributed by atoms with E-state index in [1.807, 2.05) is 18.2 Å². The number of methoxy groups -OCH3 is 2. The van der Waals surface area contributed by atoms with Gasteiger partial charge in [0.15, 0.2) is 23.1 Å². The smallest absolute Gasteiger partial charge is 0.325 e. The van der Waals surface area contributed by atoms with Crippen molar-refractivity contribution in [3.8, 4) is 11.5 Å². The third-order valence-electron chi connectivity index (χ3n) is 4.06. The third-order valence-corrected chi connectivity index (χ3v) is 4.06. The number of nitrogens with zero attached hydrogens (tertiary/aromatic N) is 3. The maximum atomic E-state index is 11.1. The molecule has 1 atom stereocenters. The van der Waals surface area contributed by atoms with E-state index in [1.165, 1.54) is 4.68 Å². The number of nitrogens with one attached hydrogen (secondary N) is 1. The molecule has 1 aliphatic heterocycles. The topological polar surface area (TPSA) is 108 Å². The molecular weight excluding hydrogens is 340 g/mol. The van der Waals surface area contributed by atoms with E-state index in [0.717, 1.165) is 12.1 Å². The highest BCUT2D eigenvalue weighted by molar-refractivity contribution is 5.66. The van der Waals surface area contributed by atoms with Crippen LogP contribution in [0.15, 0.2) is 18.2 Å². The number of hydrogen-bond acceptors (Lipinski definition) is 7. The summed E-state index contributed by atoms with van der Waals surface area (Å²) in [5, 5.41) is 16.7. The molecule has 0 aliphatic carbocycles. The second-order valence-electron chi connectivity index (χ2n) is 5.87. The van der Waals surface area contributed by atoms with Crippen molar-refractivity contribution in [3.63, 3.8) is 0 Å². The first-order valence-corrected chi connectivity index (χ1v) is 8.29. The number of rotatable bonds is 7. The average Bonchev–Trinajstić information content (AvgIpc) is 3.03. The fraction of sp³-hybridized carbons (Fsp3) is 0.471. The largest absolute Gasteiger partial charge is 0.493 e. The summed E-state index contributed by atoms with van der Waals surface area (Å²) in [6.45, 7) is 1.64. The van der Waals surface area contributed by atoms with Crippen LogP contribution in [-0.2, 0) is 22.5 Å². The summed E-state index contributed by atoms with van der Waals surface area (Å²) in [5.41, 5.74) is 0.935. The molecule has 26 heavy (non-hydrogen) atoms. The minimum Gasteiger partial charge on any atom is -0.493 e. The normalized spacial score (nSPS) is 17.1. The van der Waals surface area contributed by atoms with Gasteiger partial charge in [0.25, 0.3) is 0 Å². The van der Waals surface area contributed by atoms with Crippen LogP contribution in [0.3, 0.4) is 0 Å². The molecule has 1 saturated heterocycles. The summed E-state index contributed by atoms with van der Waals surface area (Å²) in [6, 6.07) is 5.57. The Morgan fingerprint density at radius 3 is 2.85 bits per heavy atom. The molecule has 0 bridgehead atoms. The summed E-state index contributed by atoms with van der Waals surface area (Å²) in [6.07, 6.45) is 0.134. The number of benzene rings is 1. The second-order valence-corrected chi connectivity index (χ2v) is 5.87. The molecule has 0 amide bonds. The lowest BCUT2D eigenvalue weighted by molar-refractivity contribution is -0.138. The Kier molecular flexibility index (Phi) is 5.69. The second kappa shape index (κ2) is 8.15. The lowest BCUT2D eigenvalue weighted by atomic mass is 10.1. The van der Waals surface area contributed by atoms with E-state index in [0.29, 0.717) is 42.7 Å². The van der Waals surface area contributed by atoms with Gasteiger partial charge in [-0.2, -0.15) is 5.10 Å². The lowest BCUT2D eigenvalue weighted by Crippen LogP contribution is -2.35. The van der Waals surface area contributed by atoms with Gasteiger partial charge >= 0.3 is 5.97 Å². The number of ether oxygens (including phenoxy) is 3. The molecule has 1 aliphatic rings. The van der Waals surface area contributed by atoms with Crippen LogP contribution in [0.25, 0.3) is 0 Å². The highest BCUT2D eigenvalue weighted by Crippen LogP contribution is 2.28. The minimum absolute atomic E-state index is 0.256. The van der Waals surface area contributed by atoms with E-state index in [1.54, 1.807) is 14.2 Å². The predicted molar refractivity (Wildman–Crippen MR) is 91.6 cm³/mol. The average molecular weight is 362 g/mol. The predicted octanol–water partition coefficient (Wildman–Crippen LogP) is 0.632. The first-order valence-electron chi connectivity index (χ1n) is 8.29. The van der Waals surface area contributed by atoms with Gasteiger partial charge in [0.2, 0.25) is 0 Å². The minimum atomic E-state index is -0.974. The maximum absolute atomic E-state index is 11.1. The summed E-state index contributed by atoms with van der Waals surface area (Å²) >= 11 is 0. The van der Waals surface area contributed by atoms with Crippen LogP contribution in [0, 0.1) is 0 Å². The van der Waals surface area contributed by atoms with Crippen LogP contribution in [0.1, 0.15) is 23.3 Å². The maximum Gasteiger partial charge on any atom is 0.325 e. The van der Waals surface area contributed by atoms with Crippen LogP contribution in [0.2, 0.25) is 0 Å². The molecule has 2 N–H and O–H groups in total. The zero-order valence-electron chi connectivity index (χ0n) is 14.8. The molecule has 0 unspecified atom stereocenters. The van der Waals surface area contributed by atoms with Crippen LogP contribution in [0.5, 0.6) is 11.5 Å². The van der Waals surface area contributed by atoms with Crippen molar-refractivity contribution < 1.29 is 24.1 Å². The number of carboxylic acid groups (broad SMARTS) is 1. The summed E-state index contributed by atoms with van der Waals surface area (Å²) in [7, 11) is 3.16. The van der Waals surface area contributed by atoms with Crippen molar-refractivity contribution in [2.45, 2.75) is 19.1 Å². The van der Waals surface area contributed by atoms with Crippen molar-refractivity contribution in [3.05, 3.63) is 35.4 Å². The van der Waals surface area contributed by atoms with Crippen molar-refractivity contribution >= 4 is 5.97 Å². The Balaban J connectivity index is 1.85. The monoisotopic (exact) mass is 362 g/mol. The fourth-order valence-electron chi connectivity index (χ4n) is 2.86. The quantitative estimate of drug-likeness (QED) is 0.738. The van der Waals surface area contributed by atoms with Gasteiger partial charge in [0, 0.05) is 19.5 Å². The molecule has 0 saturated carbocycles. The summed E-state index contributed by atoms with van der Waals surface area (Å²) < 4.78 is 17.7. The molecule has 9 nitrogen and oxygen atoms in total. The SMILES string of the molecule is COc1ccc(Cc2nc([C@@H]3CNCCO3)n(CC(=O)O)n2)cc1OC. The molecule has 2 aromatic rings. The third kappa shape index (κ3) is 4.12. The van der Waals surface area contributed by atoms with E-state index < -0.39 is 5.97 Å². The fourth-order valence-corrected chi connectivity index (χ4v) is 2.86. The van der Waals surface area contributed by atoms with Gasteiger partial charge in [-0.25, -0.2) is 9.67 Å². The van der Waals surface area contributed by atoms with Crippen molar-refractivity contribution in [2.75, 3.05) is 33.9 Å². The van der Waals surface area contributed by atoms with Crippen molar-refractivity contribution in [1.29, 1.82) is 0 Å². The standard InChI is InChI=1S/C17H22N4O5/c1-24-12-4-3-11(7-13(12)25-2)8-15-19-17(14-9-18-5-6-26-14)21(20-15)10-16(22)23/h3-4,7,14,18H,5-6,8-10H2,1-2H3,(H,22,23)/t14-/m0/s1. The number of hydrogen-bond donors (Lipinski definition) is 2. The van der Waals surface area contributed by atoms with E-state index in [9.17, 15) is 4.79 Å². The Bertz CT molecular complexity index is 771. The van der Waals surface area contributed by atoms with Gasteiger partial charge in [-0.15, -0.1) is 0 Å². The lowest BCUT2D eigenvalue weighted by Gasteiger charge is -2.22. The Morgan fingerprint density at radius 1 is 1.38 bits per heavy atom. The van der Waals surface area contributed by atoms with Crippen LogP contribution >= 0.6 is 0 Å². The number of aromatic nitrogens is 3. The van der Waals surface area contributed by atoms with Gasteiger partial charge in [-0.1, -0.05) is 6.07 Å². The van der Waals surface area contributed by atoms with Gasteiger partial charge < -0.3 is 24.6 Å².